The van der Waals surface area contributed by atoms with Crippen molar-refractivity contribution in [2.75, 3.05) is 19.4 Å². The summed E-state index contributed by atoms with van der Waals surface area (Å²) in [6.07, 6.45) is 0.00529. The van der Waals surface area contributed by atoms with E-state index in [1.54, 1.807) is 20.8 Å². The van der Waals surface area contributed by atoms with Gasteiger partial charge in [0.2, 0.25) is 0 Å². The first-order valence-electron chi connectivity index (χ1n) is 6.00. The topological polar surface area (TPSA) is 93.1 Å². The minimum atomic E-state index is -3.58. The quantitative estimate of drug-likeness (QED) is 0.754. The molecule has 1 rings (SSSR count). The van der Waals surface area contributed by atoms with Crippen LogP contribution < -0.4 is 0 Å². The second-order valence-corrected chi connectivity index (χ2v) is 7.23. The lowest BCUT2D eigenvalue weighted by atomic mass is 10.2. The molecule has 0 unspecified atom stereocenters. The summed E-state index contributed by atoms with van der Waals surface area (Å²) in [6, 6.07) is -0.485. The predicted molar refractivity (Wildman–Crippen MR) is 68.1 cm³/mol. The molecule has 2 atom stereocenters. The normalized spacial score (nSPS) is 24.6. The number of aliphatic hydroxyl groups excluding tert-OH is 1. The Kier molecular flexibility index (Phi) is 4.81. The second kappa shape index (κ2) is 5.64. The summed E-state index contributed by atoms with van der Waals surface area (Å²) in [4.78, 5) is 13.2. The maximum absolute atomic E-state index is 11.9. The van der Waals surface area contributed by atoms with Crippen molar-refractivity contribution in [2.45, 2.75) is 44.9 Å². The summed E-state index contributed by atoms with van der Waals surface area (Å²) >= 11 is 0. The van der Waals surface area contributed by atoms with Crippen molar-refractivity contribution in [3.8, 4) is 0 Å². The van der Waals surface area contributed by atoms with Crippen LogP contribution in [0.2, 0.25) is 0 Å². The van der Waals surface area contributed by atoms with Gasteiger partial charge in [-0.2, -0.15) is 8.42 Å². The van der Waals surface area contributed by atoms with Gasteiger partial charge in [0.15, 0.2) is 0 Å². The molecular weight excluding hydrogens is 274 g/mol. The third-order valence-electron chi connectivity index (χ3n) is 2.53. The van der Waals surface area contributed by atoms with E-state index >= 15 is 0 Å². The Bertz CT molecular complexity index is 427. The fraction of sp³-hybridized carbons (Fsp3) is 0.909. The van der Waals surface area contributed by atoms with Crippen LogP contribution in [0, 0.1) is 0 Å². The number of hydrogen-bond donors (Lipinski definition) is 1. The monoisotopic (exact) mass is 295 g/mol. The highest BCUT2D eigenvalue weighted by atomic mass is 32.2. The van der Waals surface area contributed by atoms with Gasteiger partial charge in [0, 0.05) is 0 Å². The summed E-state index contributed by atoms with van der Waals surface area (Å²) in [5.74, 6) is 0. The van der Waals surface area contributed by atoms with E-state index < -0.39 is 34.0 Å². The lowest BCUT2D eigenvalue weighted by Gasteiger charge is -2.27. The molecule has 0 aromatic heterocycles. The first-order chi connectivity index (χ1) is 8.52. The van der Waals surface area contributed by atoms with Gasteiger partial charge in [0.1, 0.15) is 5.60 Å². The van der Waals surface area contributed by atoms with Crippen LogP contribution in [0.25, 0.3) is 0 Å². The van der Waals surface area contributed by atoms with Crippen LogP contribution in [-0.4, -0.2) is 61.7 Å². The molecule has 0 spiro atoms. The third-order valence-corrected chi connectivity index (χ3v) is 3.15. The minimum Gasteiger partial charge on any atom is -0.444 e. The smallest absolute Gasteiger partial charge is 0.410 e. The Morgan fingerprint density at radius 3 is 2.42 bits per heavy atom. The maximum atomic E-state index is 11.9. The van der Waals surface area contributed by atoms with E-state index in [2.05, 4.69) is 0 Å². The van der Waals surface area contributed by atoms with Crippen molar-refractivity contribution in [3.63, 3.8) is 0 Å². The second-order valence-electron chi connectivity index (χ2n) is 5.63. The Morgan fingerprint density at radius 2 is 2.00 bits per heavy atom. The standard InChI is InChI=1S/C11H21NO6S/c1-11(2,3)17-10(14)12-6-9(5-8(12)7-13)18-19(4,15)16/h8-9,13H,5-7H2,1-4H3/t8-,9+/m1/s1. The van der Waals surface area contributed by atoms with Gasteiger partial charge in [0.25, 0.3) is 10.1 Å². The molecule has 0 aromatic carbocycles. The lowest BCUT2D eigenvalue weighted by Crippen LogP contribution is -2.41. The van der Waals surface area contributed by atoms with E-state index in [1.165, 1.54) is 4.90 Å². The number of amides is 1. The molecule has 0 aliphatic carbocycles. The average molecular weight is 295 g/mol. The van der Waals surface area contributed by atoms with Gasteiger partial charge in [-0.25, -0.2) is 4.79 Å². The fourth-order valence-electron chi connectivity index (χ4n) is 1.91. The Hall–Kier alpha value is -0.860. The van der Waals surface area contributed by atoms with Gasteiger partial charge in [-0.05, 0) is 27.2 Å². The minimum absolute atomic E-state index is 0.0905. The van der Waals surface area contributed by atoms with Gasteiger partial charge in [-0.1, -0.05) is 0 Å². The molecule has 1 N–H and O–H groups in total. The molecule has 1 saturated heterocycles. The highest BCUT2D eigenvalue weighted by Gasteiger charge is 2.39. The Labute approximate surface area is 113 Å². The zero-order chi connectivity index (χ0) is 14.8. The maximum Gasteiger partial charge on any atom is 0.410 e. The molecule has 0 saturated carbocycles. The summed E-state index contributed by atoms with van der Waals surface area (Å²) in [6.45, 7) is 5.04. The van der Waals surface area contributed by atoms with Crippen molar-refractivity contribution in [3.05, 3.63) is 0 Å². The number of carbonyl (C=O) groups excluding carboxylic acids is 1. The van der Waals surface area contributed by atoms with E-state index in [4.69, 9.17) is 8.92 Å². The Balaban J connectivity index is 2.70. The summed E-state index contributed by atoms with van der Waals surface area (Å²) < 4.78 is 32.2. The van der Waals surface area contributed by atoms with Crippen LogP contribution in [0.4, 0.5) is 4.79 Å². The third kappa shape index (κ3) is 5.33. The van der Waals surface area contributed by atoms with E-state index in [-0.39, 0.29) is 19.6 Å². The van der Waals surface area contributed by atoms with E-state index in [9.17, 15) is 18.3 Å². The highest BCUT2D eigenvalue weighted by Crippen LogP contribution is 2.23. The zero-order valence-corrected chi connectivity index (χ0v) is 12.4. The van der Waals surface area contributed by atoms with Crippen LogP contribution >= 0.6 is 0 Å². The van der Waals surface area contributed by atoms with Gasteiger partial charge < -0.3 is 14.7 Å². The van der Waals surface area contributed by atoms with E-state index in [0.29, 0.717) is 0 Å². The van der Waals surface area contributed by atoms with E-state index in [1.807, 2.05) is 0 Å². The van der Waals surface area contributed by atoms with E-state index in [0.717, 1.165) is 6.26 Å². The number of hydrogen-bond acceptors (Lipinski definition) is 6. The molecule has 7 nitrogen and oxygen atoms in total. The predicted octanol–water partition coefficient (Wildman–Crippen LogP) is 0.333. The number of likely N-dealkylation sites (tertiary alicyclic amines) is 1. The van der Waals surface area contributed by atoms with Crippen molar-refractivity contribution in [2.24, 2.45) is 0 Å². The molecule has 0 aromatic rings. The number of ether oxygens (including phenoxy) is 1. The van der Waals surface area contributed by atoms with Gasteiger partial charge in [-0.3, -0.25) is 4.18 Å². The molecule has 19 heavy (non-hydrogen) atoms. The molecule has 112 valence electrons. The zero-order valence-electron chi connectivity index (χ0n) is 11.6. The first kappa shape index (κ1) is 16.2. The van der Waals surface area contributed by atoms with Crippen molar-refractivity contribution in [1.82, 2.24) is 4.90 Å². The molecule has 1 aliphatic heterocycles. The SMILES string of the molecule is CC(C)(C)OC(=O)N1C[C@@H](OS(C)(=O)=O)C[C@@H]1CO. The van der Waals surface area contributed by atoms with Gasteiger partial charge >= 0.3 is 6.09 Å². The van der Waals surface area contributed by atoms with Gasteiger partial charge in [0.05, 0.1) is 31.6 Å². The van der Waals surface area contributed by atoms with Gasteiger partial charge in [-0.15, -0.1) is 0 Å². The van der Waals surface area contributed by atoms with Crippen LogP contribution in [0.5, 0.6) is 0 Å². The number of rotatable bonds is 3. The fourth-order valence-corrected chi connectivity index (χ4v) is 2.54. The number of aliphatic hydroxyl groups is 1. The largest absolute Gasteiger partial charge is 0.444 e. The molecular formula is C11H21NO6S. The average Bonchev–Trinajstić information content (AvgIpc) is 2.55. The van der Waals surface area contributed by atoms with Crippen LogP contribution in [0.3, 0.4) is 0 Å². The summed E-state index contributed by atoms with van der Waals surface area (Å²) in [5, 5.41) is 9.25. The van der Waals surface area contributed by atoms with Crippen molar-refractivity contribution >= 4 is 16.2 Å². The molecule has 1 fully saturated rings. The number of nitrogens with zero attached hydrogens (tertiary/aromatic N) is 1. The molecule has 1 aliphatic rings. The number of carbonyl (C=O) groups is 1. The molecule has 1 amide bonds. The van der Waals surface area contributed by atoms with Crippen LogP contribution in [0.15, 0.2) is 0 Å². The molecule has 0 bridgehead atoms. The lowest BCUT2D eigenvalue weighted by molar-refractivity contribution is 0.0166. The van der Waals surface area contributed by atoms with Crippen LogP contribution in [-0.2, 0) is 19.0 Å². The van der Waals surface area contributed by atoms with Crippen molar-refractivity contribution < 1.29 is 27.2 Å². The molecule has 8 heteroatoms. The molecule has 0 radical (unpaired) electrons. The van der Waals surface area contributed by atoms with Crippen LogP contribution in [0.1, 0.15) is 27.2 Å². The Morgan fingerprint density at radius 1 is 1.42 bits per heavy atom. The van der Waals surface area contributed by atoms with Crippen molar-refractivity contribution in [1.29, 1.82) is 0 Å². The summed E-state index contributed by atoms with van der Waals surface area (Å²) in [7, 11) is -3.58. The highest BCUT2D eigenvalue weighted by molar-refractivity contribution is 7.86. The summed E-state index contributed by atoms with van der Waals surface area (Å²) in [5.41, 5.74) is -0.646. The molecule has 1 heterocycles. The first-order valence-corrected chi connectivity index (χ1v) is 7.82.